The highest BCUT2D eigenvalue weighted by atomic mass is 31.2. The SMILES string of the molecule is CCOP1(=O)OC(CC(=O)N(C)C)c2cccc(C)c21. The molecule has 0 radical (unpaired) electrons. The second-order valence-electron chi connectivity index (χ2n) is 5.01. The van der Waals surface area contributed by atoms with Crippen LogP contribution in [0.25, 0.3) is 0 Å². The van der Waals surface area contributed by atoms with E-state index >= 15 is 0 Å². The molecule has 1 heterocycles. The van der Waals surface area contributed by atoms with Crippen molar-refractivity contribution in [2.45, 2.75) is 26.4 Å². The van der Waals surface area contributed by atoms with Crippen molar-refractivity contribution in [3.8, 4) is 0 Å². The average molecular weight is 297 g/mol. The molecule has 5 nitrogen and oxygen atoms in total. The molecular formula is C14H20NO4P. The summed E-state index contributed by atoms with van der Waals surface area (Å²) in [5.41, 5.74) is 1.68. The number of amides is 1. The first-order chi connectivity index (χ1) is 9.39. The number of aryl methyl sites for hydroxylation is 1. The second kappa shape index (κ2) is 5.68. The van der Waals surface area contributed by atoms with Crippen LogP contribution in [0.3, 0.4) is 0 Å². The molecule has 1 aliphatic rings. The molecule has 1 aromatic rings. The van der Waals surface area contributed by atoms with E-state index in [1.54, 1.807) is 21.0 Å². The van der Waals surface area contributed by atoms with Crippen LogP contribution in [0.1, 0.15) is 30.6 Å². The molecule has 1 aliphatic heterocycles. The molecule has 110 valence electrons. The van der Waals surface area contributed by atoms with E-state index in [2.05, 4.69) is 0 Å². The Bertz CT molecular complexity index is 570. The minimum absolute atomic E-state index is 0.0626. The fraction of sp³-hybridized carbons (Fsp3) is 0.500. The van der Waals surface area contributed by atoms with E-state index < -0.39 is 13.7 Å². The Kier molecular flexibility index (Phi) is 4.33. The van der Waals surface area contributed by atoms with Gasteiger partial charge in [-0.3, -0.25) is 13.9 Å². The van der Waals surface area contributed by atoms with Gasteiger partial charge in [0.2, 0.25) is 5.91 Å². The molecule has 0 fully saturated rings. The molecule has 0 saturated heterocycles. The van der Waals surface area contributed by atoms with Crippen LogP contribution in [0, 0.1) is 6.92 Å². The highest BCUT2D eigenvalue weighted by molar-refractivity contribution is 7.62. The van der Waals surface area contributed by atoms with Crippen LogP contribution >= 0.6 is 7.60 Å². The van der Waals surface area contributed by atoms with Crippen molar-refractivity contribution in [2.75, 3.05) is 20.7 Å². The van der Waals surface area contributed by atoms with Crippen LogP contribution in [0.15, 0.2) is 18.2 Å². The van der Waals surface area contributed by atoms with Gasteiger partial charge in [0.05, 0.1) is 18.3 Å². The standard InChI is InChI=1S/C14H20NO4P/c1-5-18-20(17)14-10(2)7-6-8-11(14)12(19-20)9-13(16)15(3)4/h6-8,12H,5,9H2,1-4H3. The van der Waals surface area contributed by atoms with Crippen LogP contribution in [0.5, 0.6) is 0 Å². The summed E-state index contributed by atoms with van der Waals surface area (Å²) in [7, 11) is 0.0711. The lowest BCUT2D eigenvalue weighted by molar-refractivity contribution is -0.130. The lowest BCUT2D eigenvalue weighted by Crippen LogP contribution is -2.23. The number of hydrogen-bond donors (Lipinski definition) is 0. The lowest BCUT2D eigenvalue weighted by atomic mass is 10.0. The van der Waals surface area contributed by atoms with E-state index in [0.717, 1.165) is 11.1 Å². The molecule has 0 saturated carbocycles. The Hall–Kier alpha value is -1.16. The summed E-state index contributed by atoms with van der Waals surface area (Å²) in [6.45, 7) is 3.96. The highest BCUT2D eigenvalue weighted by Crippen LogP contribution is 2.58. The maximum absolute atomic E-state index is 12.8. The lowest BCUT2D eigenvalue weighted by Gasteiger charge is -2.16. The predicted octanol–water partition coefficient (Wildman–Crippen LogP) is 2.40. The summed E-state index contributed by atoms with van der Waals surface area (Å²) < 4.78 is 23.9. The van der Waals surface area contributed by atoms with Gasteiger partial charge < -0.3 is 9.42 Å². The third-order valence-corrected chi connectivity index (χ3v) is 5.60. The minimum Gasteiger partial charge on any atom is -0.349 e. The predicted molar refractivity (Wildman–Crippen MR) is 77.2 cm³/mol. The molecule has 2 atom stereocenters. The van der Waals surface area contributed by atoms with Crippen molar-refractivity contribution >= 4 is 18.8 Å². The number of nitrogens with zero attached hydrogens (tertiary/aromatic N) is 1. The average Bonchev–Trinajstić information content (AvgIpc) is 2.64. The largest absolute Gasteiger partial charge is 0.362 e. The Labute approximate surface area is 119 Å². The normalized spacial score (nSPS) is 24.5. The van der Waals surface area contributed by atoms with Crippen molar-refractivity contribution < 1.29 is 18.4 Å². The van der Waals surface area contributed by atoms with E-state index in [1.165, 1.54) is 4.90 Å². The molecule has 0 spiro atoms. The van der Waals surface area contributed by atoms with Crippen LogP contribution in [0.4, 0.5) is 0 Å². The van der Waals surface area contributed by atoms with Crippen LogP contribution in [-0.2, 0) is 18.4 Å². The maximum Gasteiger partial charge on any atom is 0.362 e. The number of carbonyl (C=O) groups excluding carboxylic acids is 1. The Morgan fingerprint density at radius 1 is 1.45 bits per heavy atom. The molecule has 2 unspecified atom stereocenters. The molecule has 2 rings (SSSR count). The van der Waals surface area contributed by atoms with E-state index in [9.17, 15) is 9.36 Å². The fourth-order valence-corrected chi connectivity index (χ4v) is 4.55. The van der Waals surface area contributed by atoms with Crippen LogP contribution in [-0.4, -0.2) is 31.5 Å². The maximum atomic E-state index is 12.8. The van der Waals surface area contributed by atoms with Gasteiger partial charge in [-0.05, 0) is 25.0 Å². The molecule has 0 aliphatic carbocycles. The van der Waals surface area contributed by atoms with Gasteiger partial charge in [-0.15, -0.1) is 0 Å². The molecule has 0 aromatic heterocycles. The van der Waals surface area contributed by atoms with Crippen LogP contribution in [0.2, 0.25) is 0 Å². The molecule has 0 N–H and O–H groups in total. The zero-order valence-corrected chi connectivity index (χ0v) is 13.1. The van der Waals surface area contributed by atoms with Crippen LogP contribution < -0.4 is 5.30 Å². The molecule has 1 aromatic carbocycles. The van der Waals surface area contributed by atoms with Crippen molar-refractivity contribution in [3.63, 3.8) is 0 Å². The third-order valence-electron chi connectivity index (χ3n) is 3.31. The highest BCUT2D eigenvalue weighted by Gasteiger charge is 2.44. The molecule has 20 heavy (non-hydrogen) atoms. The summed E-state index contributed by atoms with van der Waals surface area (Å²) >= 11 is 0. The van der Waals surface area contributed by atoms with Crippen molar-refractivity contribution in [3.05, 3.63) is 29.3 Å². The van der Waals surface area contributed by atoms with Crippen molar-refractivity contribution in [2.24, 2.45) is 0 Å². The number of benzene rings is 1. The summed E-state index contributed by atoms with van der Waals surface area (Å²) in [4.78, 5) is 13.4. The zero-order chi connectivity index (χ0) is 14.9. The third kappa shape index (κ3) is 2.66. The van der Waals surface area contributed by atoms with Gasteiger partial charge in [0.15, 0.2) is 0 Å². The fourth-order valence-electron chi connectivity index (χ4n) is 2.35. The Morgan fingerprint density at radius 2 is 2.15 bits per heavy atom. The topological polar surface area (TPSA) is 55.8 Å². The number of fused-ring (bicyclic) bond motifs is 1. The van der Waals surface area contributed by atoms with E-state index in [-0.39, 0.29) is 12.3 Å². The van der Waals surface area contributed by atoms with E-state index in [0.29, 0.717) is 11.9 Å². The quantitative estimate of drug-likeness (QED) is 0.801. The first-order valence-corrected chi connectivity index (χ1v) is 8.16. The summed E-state index contributed by atoms with van der Waals surface area (Å²) in [5, 5.41) is 0.624. The van der Waals surface area contributed by atoms with E-state index in [1.807, 2.05) is 25.1 Å². The van der Waals surface area contributed by atoms with E-state index in [4.69, 9.17) is 9.05 Å². The van der Waals surface area contributed by atoms with Gasteiger partial charge in [0.1, 0.15) is 6.10 Å². The number of carbonyl (C=O) groups is 1. The minimum atomic E-state index is -3.31. The van der Waals surface area contributed by atoms with Crippen molar-refractivity contribution in [1.82, 2.24) is 4.90 Å². The van der Waals surface area contributed by atoms with Gasteiger partial charge in [-0.25, -0.2) is 0 Å². The first kappa shape index (κ1) is 15.2. The Balaban J connectivity index is 2.39. The second-order valence-corrected chi connectivity index (χ2v) is 6.93. The monoisotopic (exact) mass is 297 g/mol. The molecule has 1 amide bonds. The summed E-state index contributed by atoms with van der Waals surface area (Å²) in [6, 6.07) is 5.62. The molecular weight excluding hydrogens is 277 g/mol. The Morgan fingerprint density at radius 3 is 2.75 bits per heavy atom. The van der Waals surface area contributed by atoms with Gasteiger partial charge in [-0.1, -0.05) is 18.2 Å². The first-order valence-electron chi connectivity index (χ1n) is 6.62. The van der Waals surface area contributed by atoms with Gasteiger partial charge in [0, 0.05) is 14.1 Å². The zero-order valence-electron chi connectivity index (χ0n) is 12.3. The summed E-state index contributed by atoms with van der Waals surface area (Å²) in [5.74, 6) is -0.0626. The smallest absolute Gasteiger partial charge is 0.349 e. The molecule has 6 heteroatoms. The van der Waals surface area contributed by atoms with Gasteiger partial charge in [-0.2, -0.15) is 0 Å². The van der Waals surface area contributed by atoms with Crippen molar-refractivity contribution in [1.29, 1.82) is 0 Å². The van der Waals surface area contributed by atoms with Gasteiger partial charge in [0.25, 0.3) is 0 Å². The molecule has 0 bridgehead atoms. The number of rotatable bonds is 4. The summed E-state index contributed by atoms with van der Waals surface area (Å²) in [6.07, 6.45) is -0.335. The number of hydrogen-bond acceptors (Lipinski definition) is 4. The van der Waals surface area contributed by atoms with Gasteiger partial charge >= 0.3 is 7.60 Å².